The van der Waals surface area contributed by atoms with Gasteiger partial charge in [-0.25, -0.2) is 0 Å². The zero-order chi connectivity index (χ0) is 15.9. The van der Waals surface area contributed by atoms with Gasteiger partial charge in [-0.2, -0.15) is 0 Å². The molecule has 1 aliphatic heterocycles. The van der Waals surface area contributed by atoms with Gasteiger partial charge in [0.25, 0.3) is 0 Å². The molecule has 2 heterocycles. The molecule has 0 bridgehead atoms. The third-order valence-corrected chi connectivity index (χ3v) is 4.61. The predicted octanol–water partition coefficient (Wildman–Crippen LogP) is 4.16. The Labute approximate surface area is 143 Å². The van der Waals surface area contributed by atoms with E-state index in [1.807, 2.05) is 36.5 Å². The molecule has 122 valence electrons. The fourth-order valence-corrected chi connectivity index (χ4v) is 3.08. The largest absolute Gasteiger partial charge is 0.376 e. The minimum atomic E-state index is 0.669. The summed E-state index contributed by atoms with van der Waals surface area (Å²) in [7, 11) is 0. The second-order valence-electron chi connectivity index (χ2n) is 6.18. The number of ether oxygens (including phenoxy) is 1. The maximum atomic E-state index is 5.89. The monoisotopic (exact) mass is 330 g/mol. The van der Waals surface area contributed by atoms with Crippen molar-refractivity contribution in [3.05, 3.63) is 64.9 Å². The van der Waals surface area contributed by atoms with Gasteiger partial charge in [-0.05, 0) is 61.7 Å². The van der Waals surface area contributed by atoms with E-state index in [0.29, 0.717) is 12.5 Å². The van der Waals surface area contributed by atoms with Gasteiger partial charge >= 0.3 is 0 Å². The summed E-state index contributed by atoms with van der Waals surface area (Å²) < 4.78 is 5.88. The highest BCUT2D eigenvalue weighted by molar-refractivity contribution is 6.30. The molecule has 0 saturated carbocycles. The van der Waals surface area contributed by atoms with Gasteiger partial charge in [0, 0.05) is 24.4 Å². The van der Waals surface area contributed by atoms with E-state index in [0.717, 1.165) is 37.0 Å². The number of hydrogen-bond acceptors (Lipinski definition) is 3. The van der Waals surface area contributed by atoms with E-state index in [9.17, 15) is 0 Å². The number of rotatable bonds is 6. The molecule has 0 unspecified atom stereocenters. The highest BCUT2D eigenvalue weighted by atomic mass is 35.5. The van der Waals surface area contributed by atoms with Crippen LogP contribution in [-0.2, 0) is 17.9 Å². The van der Waals surface area contributed by atoms with Crippen molar-refractivity contribution in [1.29, 1.82) is 0 Å². The van der Waals surface area contributed by atoms with E-state index in [4.69, 9.17) is 16.3 Å². The van der Waals surface area contributed by atoms with Crippen LogP contribution >= 0.6 is 11.6 Å². The lowest BCUT2D eigenvalue weighted by atomic mass is 9.97. The maximum Gasteiger partial charge on any atom is 0.0717 e. The Hall–Kier alpha value is -1.42. The van der Waals surface area contributed by atoms with Gasteiger partial charge in [0.05, 0.1) is 12.3 Å². The first kappa shape index (κ1) is 16.4. The second kappa shape index (κ2) is 8.44. The van der Waals surface area contributed by atoms with Crippen molar-refractivity contribution in [3.63, 3.8) is 0 Å². The van der Waals surface area contributed by atoms with Crippen LogP contribution < -0.4 is 0 Å². The van der Waals surface area contributed by atoms with Gasteiger partial charge in [-0.3, -0.25) is 9.88 Å². The smallest absolute Gasteiger partial charge is 0.0717 e. The number of aromatic nitrogens is 1. The number of hydrogen-bond donors (Lipinski definition) is 0. The van der Waals surface area contributed by atoms with E-state index < -0.39 is 0 Å². The van der Waals surface area contributed by atoms with Crippen molar-refractivity contribution in [3.8, 4) is 0 Å². The topological polar surface area (TPSA) is 25.4 Å². The Morgan fingerprint density at radius 3 is 2.57 bits per heavy atom. The van der Waals surface area contributed by atoms with Gasteiger partial charge in [0.1, 0.15) is 0 Å². The number of pyridine rings is 1. The number of piperidine rings is 1. The van der Waals surface area contributed by atoms with Gasteiger partial charge in [-0.15, -0.1) is 0 Å². The van der Waals surface area contributed by atoms with Crippen molar-refractivity contribution in [2.24, 2.45) is 5.92 Å². The summed E-state index contributed by atoms with van der Waals surface area (Å²) in [5, 5.41) is 0.772. The standard InChI is InChI=1S/C19H23ClN2O/c20-18-6-4-16(5-7-18)14-23-15-17-8-11-22(12-9-17)13-19-3-1-2-10-21-19/h1-7,10,17H,8-9,11-15H2. The summed E-state index contributed by atoms with van der Waals surface area (Å²) in [5.74, 6) is 0.669. The summed E-state index contributed by atoms with van der Waals surface area (Å²) in [6, 6.07) is 14.0. The van der Waals surface area contributed by atoms with Gasteiger partial charge < -0.3 is 4.74 Å². The maximum absolute atomic E-state index is 5.89. The zero-order valence-electron chi connectivity index (χ0n) is 13.3. The minimum absolute atomic E-state index is 0.669. The molecular formula is C19H23ClN2O. The molecule has 0 amide bonds. The Morgan fingerprint density at radius 1 is 1.09 bits per heavy atom. The molecule has 3 nitrogen and oxygen atoms in total. The quantitative estimate of drug-likeness (QED) is 0.795. The highest BCUT2D eigenvalue weighted by Gasteiger charge is 2.19. The molecule has 0 radical (unpaired) electrons. The summed E-state index contributed by atoms with van der Waals surface area (Å²) in [5.41, 5.74) is 2.34. The molecule has 0 spiro atoms. The van der Waals surface area contributed by atoms with Crippen molar-refractivity contribution in [2.45, 2.75) is 26.0 Å². The Morgan fingerprint density at radius 2 is 1.87 bits per heavy atom. The van der Waals surface area contributed by atoms with E-state index in [2.05, 4.69) is 22.0 Å². The Balaban J connectivity index is 1.35. The average Bonchev–Trinajstić information content (AvgIpc) is 2.59. The number of likely N-dealkylation sites (tertiary alicyclic amines) is 1. The molecule has 0 atom stereocenters. The molecule has 1 fully saturated rings. The SMILES string of the molecule is Clc1ccc(COCC2CCN(Cc3ccccn3)CC2)cc1. The van der Waals surface area contributed by atoms with E-state index in [-0.39, 0.29) is 0 Å². The van der Waals surface area contributed by atoms with Crippen LogP contribution in [0.5, 0.6) is 0 Å². The van der Waals surface area contributed by atoms with Gasteiger partial charge in [-0.1, -0.05) is 29.8 Å². The third-order valence-electron chi connectivity index (χ3n) is 4.35. The van der Waals surface area contributed by atoms with Crippen LogP contribution in [-0.4, -0.2) is 29.6 Å². The van der Waals surface area contributed by atoms with Crippen LogP contribution in [0.2, 0.25) is 5.02 Å². The van der Waals surface area contributed by atoms with E-state index in [1.54, 1.807) is 0 Å². The van der Waals surface area contributed by atoms with Crippen LogP contribution in [0.3, 0.4) is 0 Å². The average molecular weight is 331 g/mol. The summed E-state index contributed by atoms with van der Waals surface area (Å²) in [6.07, 6.45) is 4.27. The van der Waals surface area contributed by atoms with Gasteiger partial charge in [0.15, 0.2) is 0 Å². The van der Waals surface area contributed by atoms with Crippen molar-refractivity contribution in [1.82, 2.24) is 9.88 Å². The number of nitrogens with zero attached hydrogens (tertiary/aromatic N) is 2. The summed E-state index contributed by atoms with van der Waals surface area (Å²) in [4.78, 5) is 6.89. The molecule has 1 aromatic carbocycles. The first-order chi connectivity index (χ1) is 11.3. The first-order valence-corrected chi connectivity index (χ1v) is 8.62. The van der Waals surface area contributed by atoms with Crippen molar-refractivity contribution >= 4 is 11.6 Å². The lowest BCUT2D eigenvalue weighted by Crippen LogP contribution is -2.34. The van der Waals surface area contributed by atoms with Gasteiger partial charge in [0.2, 0.25) is 0 Å². The molecule has 0 N–H and O–H groups in total. The second-order valence-corrected chi connectivity index (χ2v) is 6.62. The summed E-state index contributed by atoms with van der Waals surface area (Å²) in [6.45, 7) is 4.74. The van der Waals surface area contributed by atoms with E-state index in [1.165, 1.54) is 18.4 Å². The summed E-state index contributed by atoms with van der Waals surface area (Å²) >= 11 is 5.89. The third kappa shape index (κ3) is 5.31. The first-order valence-electron chi connectivity index (χ1n) is 8.24. The van der Waals surface area contributed by atoms with Crippen LogP contribution in [0, 0.1) is 5.92 Å². The van der Waals surface area contributed by atoms with Crippen molar-refractivity contribution < 1.29 is 4.74 Å². The minimum Gasteiger partial charge on any atom is -0.376 e. The van der Waals surface area contributed by atoms with Crippen LogP contribution in [0.25, 0.3) is 0 Å². The van der Waals surface area contributed by atoms with Crippen molar-refractivity contribution in [2.75, 3.05) is 19.7 Å². The lowest BCUT2D eigenvalue weighted by Gasteiger charge is -2.31. The molecule has 4 heteroatoms. The highest BCUT2D eigenvalue weighted by Crippen LogP contribution is 2.19. The number of halogens is 1. The van der Waals surface area contributed by atoms with Crippen LogP contribution in [0.1, 0.15) is 24.1 Å². The number of benzene rings is 1. The molecule has 1 aromatic heterocycles. The van der Waals surface area contributed by atoms with Crippen LogP contribution in [0.15, 0.2) is 48.7 Å². The van der Waals surface area contributed by atoms with E-state index >= 15 is 0 Å². The molecular weight excluding hydrogens is 308 g/mol. The molecule has 2 aromatic rings. The fourth-order valence-electron chi connectivity index (χ4n) is 2.96. The molecule has 1 aliphatic rings. The van der Waals surface area contributed by atoms with Crippen LogP contribution in [0.4, 0.5) is 0 Å². The molecule has 0 aliphatic carbocycles. The normalized spacial score (nSPS) is 16.6. The molecule has 1 saturated heterocycles. The zero-order valence-corrected chi connectivity index (χ0v) is 14.1. The fraction of sp³-hybridized carbons (Fsp3) is 0.421. The lowest BCUT2D eigenvalue weighted by molar-refractivity contribution is 0.0560. The predicted molar refractivity (Wildman–Crippen MR) is 93.3 cm³/mol. The Bertz CT molecular complexity index is 580. The molecule has 23 heavy (non-hydrogen) atoms. The Kier molecular flexibility index (Phi) is 6.03. The molecule has 3 rings (SSSR count).